The molecule has 2 aromatic heterocycles. The molecular formula is C24H28N2O5S. The summed E-state index contributed by atoms with van der Waals surface area (Å²) in [7, 11) is 3.33. The van der Waals surface area contributed by atoms with E-state index in [1.54, 1.807) is 37.7 Å². The van der Waals surface area contributed by atoms with Gasteiger partial charge in [0.25, 0.3) is 5.91 Å². The lowest BCUT2D eigenvalue weighted by molar-refractivity contribution is 0.0237. The van der Waals surface area contributed by atoms with Crippen molar-refractivity contribution >= 4 is 22.2 Å². The Morgan fingerprint density at radius 2 is 1.97 bits per heavy atom. The molecule has 0 saturated carbocycles. The van der Waals surface area contributed by atoms with Gasteiger partial charge in [-0.25, -0.2) is 0 Å². The minimum absolute atomic E-state index is 0.132. The maximum absolute atomic E-state index is 12.8. The van der Waals surface area contributed by atoms with Crippen LogP contribution in [0.25, 0.3) is 0 Å². The first-order chi connectivity index (χ1) is 15.6. The van der Waals surface area contributed by atoms with Gasteiger partial charge >= 0.3 is 0 Å². The Balaban J connectivity index is 1.81. The van der Waals surface area contributed by atoms with E-state index in [1.807, 2.05) is 18.2 Å². The second-order valence-electron chi connectivity index (χ2n) is 7.44. The molecule has 1 N–H and O–H groups in total. The summed E-state index contributed by atoms with van der Waals surface area (Å²) in [5.74, 6) is 1.55. The first-order valence-electron chi connectivity index (χ1n) is 10.7. The van der Waals surface area contributed by atoms with Crippen LogP contribution in [0.5, 0.6) is 11.5 Å². The van der Waals surface area contributed by atoms with Crippen LogP contribution in [0.2, 0.25) is 0 Å². The number of nitrogens with zero attached hydrogens (tertiary/aromatic N) is 1. The SMILES string of the molecule is CCc1cc(C(c2cc(OC)ccc2OC)N2CCOCC2)c(NC(=O)c2ccco2)s1. The van der Waals surface area contributed by atoms with Gasteiger partial charge in [0.05, 0.1) is 39.7 Å². The quantitative estimate of drug-likeness (QED) is 0.534. The second-order valence-corrected chi connectivity index (χ2v) is 8.58. The Morgan fingerprint density at radius 1 is 1.16 bits per heavy atom. The molecule has 1 fully saturated rings. The molecule has 3 heterocycles. The number of carbonyl (C=O) groups excluding carboxylic acids is 1. The maximum atomic E-state index is 12.8. The first-order valence-corrected chi connectivity index (χ1v) is 11.5. The van der Waals surface area contributed by atoms with Crippen molar-refractivity contribution in [3.8, 4) is 11.5 Å². The average molecular weight is 457 g/mol. The molecule has 1 aliphatic rings. The van der Waals surface area contributed by atoms with Crippen LogP contribution >= 0.6 is 11.3 Å². The molecule has 7 nitrogen and oxygen atoms in total. The number of thiophene rings is 1. The van der Waals surface area contributed by atoms with Crippen LogP contribution in [-0.4, -0.2) is 51.3 Å². The van der Waals surface area contributed by atoms with Crippen molar-refractivity contribution in [2.45, 2.75) is 19.4 Å². The number of benzene rings is 1. The van der Waals surface area contributed by atoms with Gasteiger partial charge in [0.2, 0.25) is 0 Å². The van der Waals surface area contributed by atoms with Gasteiger partial charge in [-0.05, 0) is 42.8 Å². The third kappa shape index (κ3) is 4.67. The van der Waals surface area contributed by atoms with Crippen molar-refractivity contribution in [2.75, 3.05) is 45.8 Å². The molecule has 1 saturated heterocycles. The predicted molar refractivity (Wildman–Crippen MR) is 124 cm³/mol. The van der Waals surface area contributed by atoms with Crippen LogP contribution in [0.15, 0.2) is 47.1 Å². The number of hydrogen-bond acceptors (Lipinski definition) is 7. The van der Waals surface area contributed by atoms with Gasteiger partial charge in [0.15, 0.2) is 5.76 Å². The average Bonchev–Trinajstić information content (AvgIpc) is 3.51. The molecule has 4 rings (SSSR count). The number of ether oxygens (including phenoxy) is 3. The van der Waals surface area contributed by atoms with Crippen molar-refractivity contribution in [2.24, 2.45) is 0 Å². The molecule has 0 spiro atoms. The molecule has 1 aromatic carbocycles. The number of furan rings is 1. The smallest absolute Gasteiger partial charge is 0.291 e. The molecule has 32 heavy (non-hydrogen) atoms. The zero-order chi connectivity index (χ0) is 22.5. The van der Waals surface area contributed by atoms with Crippen molar-refractivity contribution in [3.05, 3.63) is 64.4 Å². The highest BCUT2D eigenvalue weighted by Crippen LogP contribution is 2.43. The van der Waals surface area contributed by atoms with E-state index in [-0.39, 0.29) is 17.7 Å². The number of methoxy groups -OCH3 is 2. The van der Waals surface area contributed by atoms with Crippen LogP contribution in [-0.2, 0) is 11.2 Å². The van der Waals surface area contributed by atoms with Crippen molar-refractivity contribution in [3.63, 3.8) is 0 Å². The van der Waals surface area contributed by atoms with Gasteiger partial charge in [-0.1, -0.05) is 6.92 Å². The van der Waals surface area contributed by atoms with Crippen LogP contribution in [0, 0.1) is 0 Å². The van der Waals surface area contributed by atoms with E-state index in [2.05, 4.69) is 23.2 Å². The van der Waals surface area contributed by atoms with E-state index >= 15 is 0 Å². The molecule has 8 heteroatoms. The third-order valence-corrected chi connectivity index (χ3v) is 6.78. The lowest BCUT2D eigenvalue weighted by Gasteiger charge is -2.35. The molecular weight excluding hydrogens is 428 g/mol. The Kier molecular flexibility index (Phi) is 7.14. The second kappa shape index (κ2) is 10.2. The third-order valence-electron chi connectivity index (χ3n) is 5.57. The minimum Gasteiger partial charge on any atom is -0.497 e. The highest BCUT2D eigenvalue weighted by Gasteiger charge is 2.31. The number of nitrogens with one attached hydrogen (secondary N) is 1. The summed E-state index contributed by atoms with van der Waals surface area (Å²) in [6.45, 7) is 4.97. The Morgan fingerprint density at radius 3 is 2.62 bits per heavy atom. The first kappa shape index (κ1) is 22.4. The molecule has 1 amide bonds. The zero-order valence-corrected chi connectivity index (χ0v) is 19.4. The van der Waals surface area contributed by atoms with Gasteiger partial charge in [0, 0.05) is 29.1 Å². The summed E-state index contributed by atoms with van der Waals surface area (Å²) in [6.07, 6.45) is 2.37. The van der Waals surface area contributed by atoms with Crippen LogP contribution in [0.3, 0.4) is 0 Å². The number of hydrogen-bond donors (Lipinski definition) is 1. The predicted octanol–water partition coefficient (Wildman–Crippen LogP) is 4.59. The topological polar surface area (TPSA) is 73.2 Å². The summed E-state index contributed by atoms with van der Waals surface area (Å²) in [6, 6.07) is 11.3. The molecule has 0 radical (unpaired) electrons. The number of amides is 1. The van der Waals surface area contributed by atoms with E-state index in [1.165, 1.54) is 11.1 Å². The van der Waals surface area contributed by atoms with Crippen LogP contribution in [0.1, 0.15) is 39.5 Å². The molecule has 0 bridgehead atoms. The van der Waals surface area contributed by atoms with Gasteiger partial charge in [-0.3, -0.25) is 9.69 Å². The normalized spacial score (nSPS) is 15.3. The molecule has 3 aromatic rings. The zero-order valence-electron chi connectivity index (χ0n) is 18.6. The minimum atomic E-state index is -0.265. The fraction of sp³-hybridized carbons (Fsp3) is 0.375. The summed E-state index contributed by atoms with van der Waals surface area (Å²) in [5, 5.41) is 3.89. The summed E-state index contributed by atoms with van der Waals surface area (Å²) >= 11 is 1.59. The molecule has 1 aliphatic heterocycles. The largest absolute Gasteiger partial charge is 0.497 e. The lowest BCUT2D eigenvalue weighted by atomic mass is 9.96. The van der Waals surface area contributed by atoms with Crippen molar-refractivity contribution in [1.29, 1.82) is 0 Å². The Labute approximate surface area is 191 Å². The number of morpholine rings is 1. The lowest BCUT2D eigenvalue weighted by Crippen LogP contribution is -2.39. The number of rotatable bonds is 8. The van der Waals surface area contributed by atoms with Gasteiger partial charge in [0.1, 0.15) is 16.5 Å². The number of carbonyl (C=O) groups is 1. The Hall–Kier alpha value is -2.81. The monoisotopic (exact) mass is 456 g/mol. The fourth-order valence-corrected chi connectivity index (χ4v) is 4.98. The standard InChI is InChI=1S/C24H28N2O5S/c1-4-17-15-19(24(32-17)25-23(27)21-6-5-11-31-21)22(26-9-12-30-13-10-26)18-14-16(28-2)7-8-20(18)29-3/h5-8,11,14-15,22H,4,9-10,12-13H2,1-3H3,(H,25,27). The molecule has 170 valence electrons. The highest BCUT2D eigenvalue weighted by molar-refractivity contribution is 7.16. The van der Waals surface area contributed by atoms with E-state index in [0.29, 0.717) is 13.2 Å². The van der Waals surface area contributed by atoms with E-state index < -0.39 is 0 Å². The molecule has 1 atom stereocenters. The van der Waals surface area contributed by atoms with Gasteiger partial charge < -0.3 is 23.9 Å². The maximum Gasteiger partial charge on any atom is 0.291 e. The molecule has 1 unspecified atom stereocenters. The van der Waals surface area contributed by atoms with Crippen LogP contribution < -0.4 is 14.8 Å². The summed E-state index contributed by atoms with van der Waals surface area (Å²) in [5.41, 5.74) is 2.02. The van der Waals surface area contributed by atoms with Crippen LogP contribution in [0.4, 0.5) is 5.00 Å². The van der Waals surface area contributed by atoms with E-state index in [4.69, 9.17) is 18.6 Å². The van der Waals surface area contributed by atoms with Gasteiger partial charge in [-0.15, -0.1) is 11.3 Å². The van der Waals surface area contributed by atoms with Crippen molar-refractivity contribution < 1.29 is 23.4 Å². The number of anilines is 1. The van der Waals surface area contributed by atoms with E-state index in [0.717, 1.165) is 47.1 Å². The van der Waals surface area contributed by atoms with Crippen molar-refractivity contribution in [1.82, 2.24) is 4.90 Å². The van der Waals surface area contributed by atoms with E-state index in [9.17, 15) is 4.79 Å². The highest BCUT2D eigenvalue weighted by atomic mass is 32.1. The Bertz CT molecular complexity index is 1040. The number of aryl methyl sites for hydroxylation is 1. The van der Waals surface area contributed by atoms with Gasteiger partial charge in [-0.2, -0.15) is 0 Å². The summed E-state index contributed by atoms with van der Waals surface area (Å²) < 4.78 is 22.2. The summed E-state index contributed by atoms with van der Waals surface area (Å²) in [4.78, 5) is 16.4. The fourth-order valence-electron chi connectivity index (χ4n) is 3.96. The molecule has 0 aliphatic carbocycles.